The number of anilines is 1. The van der Waals surface area contributed by atoms with Crippen LogP contribution in [0.25, 0.3) is 0 Å². The molecule has 0 radical (unpaired) electrons. The van der Waals surface area contributed by atoms with E-state index >= 15 is 0 Å². The summed E-state index contributed by atoms with van der Waals surface area (Å²) in [5.74, 6) is -1.45. The largest absolute Gasteiger partial charge is 0.481 e. The number of aromatic nitrogens is 1. The lowest BCUT2D eigenvalue weighted by Gasteiger charge is -2.10. The monoisotopic (exact) mass is 269 g/mol. The van der Waals surface area contributed by atoms with Gasteiger partial charge in [-0.1, -0.05) is 0 Å². The Kier molecular flexibility index (Phi) is 3.51. The maximum absolute atomic E-state index is 11.4. The van der Waals surface area contributed by atoms with Crippen molar-refractivity contribution in [1.82, 2.24) is 10.3 Å². The third-order valence-corrected chi connectivity index (χ3v) is 4.06. The predicted octanol–water partition coefficient (Wildman–Crippen LogP) is 0.804. The van der Waals surface area contributed by atoms with Crippen molar-refractivity contribution in [3.8, 4) is 0 Å². The molecule has 0 spiro atoms. The van der Waals surface area contributed by atoms with Gasteiger partial charge < -0.3 is 15.7 Å². The van der Waals surface area contributed by atoms with Crippen LogP contribution in [0.2, 0.25) is 0 Å². The van der Waals surface area contributed by atoms with Crippen molar-refractivity contribution in [2.75, 3.05) is 12.4 Å². The third kappa shape index (κ3) is 2.31. The van der Waals surface area contributed by atoms with Gasteiger partial charge in [0.25, 0.3) is 0 Å². The van der Waals surface area contributed by atoms with Crippen LogP contribution in [0.4, 0.5) is 5.13 Å². The van der Waals surface area contributed by atoms with Crippen LogP contribution in [0.1, 0.15) is 29.8 Å². The Morgan fingerprint density at radius 1 is 1.56 bits per heavy atom. The lowest BCUT2D eigenvalue weighted by atomic mass is 10.1. The molecule has 1 amide bonds. The summed E-state index contributed by atoms with van der Waals surface area (Å²) >= 11 is 1.43. The SMILES string of the molecule is CNC(=O)C(C)Nc1nc2c(s1)CCC2C(=O)O. The molecule has 0 aliphatic heterocycles. The van der Waals surface area contributed by atoms with E-state index in [0.29, 0.717) is 17.2 Å². The second kappa shape index (κ2) is 4.93. The first-order valence-corrected chi connectivity index (χ1v) is 6.55. The number of fused-ring (bicyclic) bond motifs is 1. The van der Waals surface area contributed by atoms with Crippen LogP contribution < -0.4 is 10.6 Å². The zero-order valence-corrected chi connectivity index (χ0v) is 11.0. The fourth-order valence-corrected chi connectivity index (χ4v) is 3.12. The number of nitrogens with one attached hydrogen (secondary N) is 2. The Bertz CT molecular complexity index is 486. The van der Waals surface area contributed by atoms with Gasteiger partial charge in [0.1, 0.15) is 12.0 Å². The van der Waals surface area contributed by atoms with Crippen molar-refractivity contribution in [1.29, 1.82) is 0 Å². The molecular weight excluding hydrogens is 254 g/mol. The van der Waals surface area contributed by atoms with Gasteiger partial charge in [0.2, 0.25) is 5.91 Å². The average molecular weight is 269 g/mol. The van der Waals surface area contributed by atoms with E-state index in [1.165, 1.54) is 11.3 Å². The van der Waals surface area contributed by atoms with Gasteiger partial charge in [0.15, 0.2) is 5.13 Å². The molecule has 7 heteroatoms. The number of hydrogen-bond donors (Lipinski definition) is 3. The highest BCUT2D eigenvalue weighted by Gasteiger charge is 2.32. The number of rotatable bonds is 4. The molecule has 0 bridgehead atoms. The number of carboxylic acids is 1. The summed E-state index contributed by atoms with van der Waals surface area (Å²) in [6, 6.07) is -0.385. The molecule has 0 saturated carbocycles. The van der Waals surface area contributed by atoms with Gasteiger partial charge in [-0.3, -0.25) is 9.59 Å². The molecule has 1 aliphatic rings. The van der Waals surface area contributed by atoms with E-state index in [-0.39, 0.29) is 11.9 Å². The Morgan fingerprint density at radius 3 is 2.89 bits per heavy atom. The van der Waals surface area contributed by atoms with E-state index in [4.69, 9.17) is 5.11 Å². The summed E-state index contributed by atoms with van der Waals surface area (Å²) in [4.78, 5) is 27.7. The van der Waals surface area contributed by atoms with E-state index < -0.39 is 11.9 Å². The van der Waals surface area contributed by atoms with E-state index in [1.807, 2.05) is 0 Å². The molecule has 1 aromatic rings. The van der Waals surface area contributed by atoms with E-state index in [0.717, 1.165) is 11.3 Å². The van der Waals surface area contributed by atoms with Crippen molar-refractivity contribution in [2.45, 2.75) is 31.7 Å². The van der Waals surface area contributed by atoms with Gasteiger partial charge in [-0.25, -0.2) is 4.98 Å². The Morgan fingerprint density at radius 2 is 2.28 bits per heavy atom. The molecule has 1 aliphatic carbocycles. The van der Waals surface area contributed by atoms with Crippen LogP contribution in [0.15, 0.2) is 0 Å². The quantitative estimate of drug-likeness (QED) is 0.752. The second-order valence-electron chi connectivity index (χ2n) is 4.24. The van der Waals surface area contributed by atoms with E-state index in [1.54, 1.807) is 14.0 Å². The van der Waals surface area contributed by atoms with Crippen LogP contribution in [0.5, 0.6) is 0 Å². The number of carboxylic acid groups (broad SMARTS) is 1. The fourth-order valence-electron chi connectivity index (χ4n) is 2.00. The smallest absolute Gasteiger partial charge is 0.312 e. The first-order chi connectivity index (χ1) is 8.52. The number of nitrogens with zero attached hydrogens (tertiary/aromatic N) is 1. The van der Waals surface area contributed by atoms with Gasteiger partial charge in [0.05, 0.1) is 5.69 Å². The minimum atomic E-state index is -0.829. The van der Waals surface area contributed by atoms with Crippen molar-refractivity contribution in [3.63, 3.8) is 0 Å². The number of carbonyl (C=O) groups excluding carboxylic acids is 1. The Labute approximate surface area is 108 Å². The molecule has 0 aromatic carbocycles. The molecule has 3 N–H and O–H groups in total. The fraction of sp³-hybridized carbons (Fsp3) is 0.545. The standard InChI is InChI=1S/C11H15N3O3S/c1-5(9(15)12-2)13-11-14-8-6(10(16)17)3-4-7(8)18-11/h5-6H,3-4H2,1-2H3,(H,12,15)(H,13,14)(H,16,17). The van der Waals surface area contributed by atoms with Gasteiger partial charge in [0, 0.05) is 11.9 Å². The normalized spacial score (nSPS) is 19.1. The van der Waals surface area contributed by atoms with Crippen molar-refractivity contribution in [3.05, 3.63) is 10.6 Å². The number of likely N-dealkylation sites (N-methyl/N-ethyl adjacent to an activating group) is 1. The summed E-state index contributed by atoms with van der Waals surface area (Å²) in [5.41, 5.74) is 0.652. The number of hydrogen-bond acceptors (Lipinski definition) is 5. The molecule has 6 nitrogen and oxygen atoms in total. The highest BCUT2D eigenvalue weighted by molar-refractivity contribution is 7.15. The van der Waals surface area contributed by atoms with Crippen molar-refractivity contribution >= 4 is 28.3 Å². The van der Waals surface area contributed by atoms with Crippen molar-refractivity contribution in [2.24, 2.45) is 0 Å². The van der Waals surface area contributed by atoms with E-state index in [9.17, 15) is 9.59 Å². The maximum atomic E-state index is 11.4. The minimum Gasteiger partial charge on any atom is -0.481 e. The molecule has 1 heterocycles. The average Bonchev–Trinajstić information content (AvgIpc) is 2.86. The minimum absolute atomic E-state index is 0.125. The van der Waals surface area contributed by atoms with E-state index in [2.05, 4.69) is 15.6 Å². The molecule has 1 aromatic heterocycles. The summed E-state index contributed by atoms with van der Waals surface area (Å²) in [6.07, 6.45) is 1.37. The zero-order valence-electron chi connectivity index (χ0n) is 10.2. The molecule has 2 rings (SSSR count). The summed E-state index contributed by atoms with van der Waals surface area (Å²) < 4.78 is 0. The van der Waals surface area contributed by atoms with Gasteiger partial charge >= 0.3 is 5.97 Å². The Hall–Kier alpha value is -1.63. The molecular formula is C11H15N3O3S. The molecule has 2 atom stereocenters. The van der Waals surface area contributed by atoms with Crippen LogP contribution >= 0.6 is 11.3 Å². The van der Waals surface area contributed by atoms with Gasteiger partial charge in [-0.15, -0.1) is 11.3 Å². The first kappa shape index (κ1) is 12.8. The summed E-state index contributed by atoms with van der Waals surface area (Å²) in [6.45, 7) is 1.74. The summed E-state index contributed by atoms with van der Waals surface area (Å²) in [7, 11) is 1.57. The van der Waals surface area contributed by atoms with Crippen LogP contribution in [-0.4, -0.2) is 35.1 Å². The highest BCUT2D eigenvalue weighted by atomic mass is 32.1. The number of carbonyl (C=O) groups is 2. The number of aryl methyl sites for hydroxylation is 1. The second-order valence-corrected chi connectivity index (χ2v) is 5.32. The number of thiazole rings is 1. The molecule has 0 saturated heterocycles. The maximum Gasteiger partial charge on any atom is 0.312 e. The lowest BCUT2D eigenvalue weighted by Crippen LogP contribution is -2.35. The third-order valence-electron chi connectivity index (χ3n) is 3.00. The molecule has 0 fully saturated rings. The first-order valence-electron chi connectivity index (χ1n) is 5.73. The lowest BCUT2D eigenvalue weighted by molar-refractivity contribution is -0.138. The van der Waals surface area contributed by atoms with Crippen LogP contribution in [0.3, 0.4) is 0 Å². The zero-order chi connectivity index (χ0) is 13.3. The topological polar surface area (TPSA) is 91.3 Å². The Balaban J connectivity index is 2.12. The van der Waals surface area contributed by atoms with Gasteiger partial charge in [-0.05, 0) is 19.8 Å². The number of amides is 1. The predicted molar refractivity (Wildman–Crippen MR) is 68.0 cm³/mol. The van der Waals surface area contributed by atoms with Crippen LogP contribution in [0, 0.1) is 0 Å². The van der Waals surface area contributed by atoms with Crippen molar-refractivity contribution < 1.29 is 14.7 Å². The van der Waals surface area contributed by atoms with Gasteiger partial charge in [-0.2, -0.15) is 0 Å². The highest BCUT2D eigenvalue weighted by Crippen LogP contribution is 2.38. The molecule has 2 unspecified atom stereocenters. The number of aliphatic carboxylic acids is 1. The molecule has 18 heavy (non-hydrogen) atoms. The summed E-state index contributed by atoms with van der Waals surface area (Å²) in [5, 5.41) is 15.2. The van der Waals surface area contributed by atoms with Crippen LogP contribution in [-0.2, 0) is 16.0 Å². The molecule has 98 valence electrons.